The van der Waals surface area contributed by atoms with Crippen molar-refractivity contribution in [1.29, 1.82) is 0 Å². The summed E-state index contributed by atoms with van der Waals surface area (Å²) in [6.07, 6.45) is 1.84. The third-order valence-electron chi connectivity index (χ3n) is 5.62. The molecule has 0 saturated carbocycles. The van der Waals surface area contributed by atoms with Gasteiger partial charge in [0.05, 0.1) is 12.1 Å². The van der Waals surface area contributed by atoms with Crippen molar-refractivity contribution in [3.63, 3.8) is 0 Å². The van der Waals surface area contributed by atoms with Crippen LogP contribution in [0, 0.1) is 0 Å². The number of hydrogen-bond acceptors (Lipinski definition) is 7. The molecule has 28 heavy (non-hydrogen) atoms. The fourth-order valence-corrected chi connectivity index (χ4v) is 4.13. The smallest absolute Gasteiger partial charge is 0.526 e. The van der Waals surface area contributed by atoms with E-state index in [4.69, 9.17) is 10.4 Å². The van der Waals surface area contributed by atoms with Crippen molar-refractivity contribution in [2.75, 3.05) is 45.8 Å². The number of nitrogens with zero attached hydrogens (tertiary/aromatic N) is 2. The molecular weight excluding hydrogens is 357 g/mol. The Labute approximate surface area is 167 Å². The predicted octanol–water partition coefficient (Wildman–Crippen LogP) is 0.600. The molecule has 1 saturated heterocycles. The molecule has 1 aromatic rings. The number of carbonyl (C=O) groups is 2. The molecule has 1 atom stereocenters. The molecule has 2 aliphatic heterocycles. The van der Waals surface area contributed by atoms with Crippen molar-refractivity contribution in [3.05, 3.63) is 29.3 Å². The Kier molecular flexibility index (Phi) is 7.23. The monoisotopic (exact) mass is 387 g/mol. The van der Waals surface area contributed by atoms with Gasteiger partial charge in [-0.1, -0.05) is 12.1 Å². The molecular formula is C20H30BN3O4. The molecule has 0 aromatic heterocycles. The lowest BCUT2D eigenvalue weighted by Gasteiger charge is -2.29. The van der Waals surface area contributed by atoms with Crippen LogP contribution in [0.2, 0.25) is 5.82 Å². The lowest BCUT2D eigenvalue weighted by Crippen LogP contribution is -2.39. The molecule has 0 radical (unpaired) electrons. The summed E-state index contributed by atoms with van der Waals surface area (Å²) in [5, 5.41) is 10.4. The van der Waals surface area contributed by atoms with Crippen molar-refractivity contribution >= 4 is 18.7 Å². The highest BCUT2D eigenvalue weighted by atomic mass is 16.5. The van der Waals surface area contributed by atoms with Crippen LogP contribution >= 0.6 is 0 Å². The molecule has 1 fully saturated rings. The first-order valence-electron chi connectivity index (χ1n) is 10.1. The molecule has 3 rings (SSSR count). The van der Waals surface area contributed by atoms with Gasteiger partial charge in [-0.25, -0.2) is 0 Å². The van der Waals surface area contributed by atoms with Gasteiger partial charge in [0.2, 0.25) is 0 Å². The molecule has 0 bridgehead atoms. The van der Waals surface area contributed by atoms with Crippen molar-refractivity contribution in [1.82, 2.24) is 9.80 Å². The highest BCUT2D eigenvalue weighted by Crippen LogP contribution is 2.36. The summed E-state index contributed by atoms with van der Waals surface area (Å²) in [4.78, 5) is 28.9. The van der Waals surface area contributed by atoms with E-state index in [2.05, 4.69) is 9.80 Å². The minimum atomic E-state index is -1.07. The van der Waals surface area contributed by atoms with Crippen molar-refractivity contribution in [3.8, 4) is 5.75 Å². The number of hydrogen-bond donors (Lipinski definition) is 2. The SMILES string of the molecule is CC(=O)c1cccc2c1OB(O)[C@@H](CC(=O)CN1CCCN(CCN)CC1)C2. The second-order valence-corrected chi connectivity index (χ2v) is 7.83. The van der Waals surface area contributed by atoms with E-state index in [9.17, 15) is 14.6 Å². The molecule has 7 nitrogen and oxygen atoms in total. The van der Waals surface area contributed by atoms with Crippen LogP contribution in [-0.4, -0.2) is 79.3 Å². The summed E-state index contributed by atoms with van der Waals surface area (Å²) >= 11 is 0. The summed E-state index contributed by atoms with van der Waals surface area (Å²) in [6, 6.07) is 5.42. The quantitative estimate of drug-likeness (QED) is 0.523. The zero-order valence-electron chi connectivity index (χ0n) is 16.6. The third kappa shape index (κ3) is 5.20. The molecule has 8 heteroatoms. The van der Waals surface area contributed by atoms with Crippen molar-refractivity contribution in [2.45, 2.75) is 32.0 Å². The van der Waals surface area contributed by atoms with Crippen LogP contribution in [0.1, 0.15) is 35.7 Å². The zero-order valence-corrected chi connectivity index (χ0v) is 16.6. The summed E-state index contributed by atoms with van der Waals surface area (Å²) in [5.41, 5.74) is 7.00. The predicted molar refractivity (Wildman–Crippen MR) is 109 cm³/mol. The van der Waals surface area contributed by atoms with Crippen LogP contribution in [0.5, 0.6) is 5.75 Å². The summed E-state index contributed by atoms with van der Waals surface area (Å²) in [6.45, 7) is 7.16. The molecule has 0 amide bonds. The van der Waals surface area contributed by atoms with E-state index in [0.29, 0.717) is 30.8 Å². The van der Waals surface area contributed by atoms with Crippen LogP contribution in [0.15, 0.2) is 18.2 Å². The number of para-hydroxylation sites is 1. The molecule has 2 aliphatic rings. The van der Waals surface area contributed by atoms with Gasteiger partial charge in [0.25, 0.3) is 0 Å². The first-order valence-corrected chi connectivity index (χ1v) is 10.1. The lowest BCUT2D eigenvalue weighted by molar-refractivity contribution is -0.120. The number of Topliss-reactive ketones (excluding diaryl/α,β-unsaturated/α-hetero) is 2. The molecule has 152 valence electrons. The number of carbonyl (C=O) groups excluding carboxylic acids is 2. The van der Waals surface area contributed by atoms with Crippen LogP contribution in [0.3, 0.4) is 0 Å². The van der Waals surface area contributed by atoms with E-state index < -0.39 is 7.12 Å². The van der Waals surface area contributed by atoms with Gasteiger partial charge in [0.15, 0.2) is 5.78 Å². The van der Waals surface area contributed by atoms with Gasteiger partial charge in [-0.15, -0.1) is 0 Å². The van der Waals surface area contributed by atoms with Gasteiger partial charge in [-0.2, -0.15) is 0 Å². The van der Waals surface area contributed by atoms with E-state index in [1.54, 1.807) is 6.07 Å². The first-order chi connectivity index (χ1) is 13.5. The molecule has 0 spiro atoms. The molecule has 0 aliphatic carbocycles. The third-order valence-corrected chi connectivity index (χ3v) is 5.62. The number of benzene rings is 1. The highest BCUT2D eigenvalue weighted by molar-refractivity contribution is 6.47. The average molecular weight is 387 g/mol. The second kappa shape index (κ2) is 9.65. The number of rotatable bonds is 7. The van der Waals surface area contributed by atoms with E-state index in [1.807, 2.05) is 12.1 Å². The van der Waals surface area contributed by atoms with Crippen molar-refractivity contribution in [2.24, 2.45) is 5.73 Å². The lowest BCUT2D eigenvalue weighted by atomic mass is 9.64. The normalized spacial score (nSPS) is 21.0. The minimum absolute atomic E-state index is 0.0941. The Hall–Kier alpha value is -1.74. The van der Waals surface area contributed by atoms with Gasteiger partial charge < -0.3 is 20.3 Å². The van der Waals surface area contributed by atoms with Gasteiger partial charge in [0, 0.05) is 38.4 Å². The second-order valence-electron chi connectivity index (χ2n) is 7.83. The van der Waals surface area contributed by atoms with E-state index in [1.165, 1.54) is 6.92 Å². The van der Waals surface area contributed by atoms with Gasteiger partial charge in [-0.05, 0) is 44.5 Å². The average Bonchev–Trinajstić information content (AvgIpc) is 2.87. The van der Waals surface area contributed by atoms with Gasteiger partial charge in [-0.3, -0.25) is 14.5 Å². The Morgan fingerprint density at radius 1 is 1.25 bits per heavy atom. The molecule has 1 aromatic carbocycles. The summed E-state index contributed by atoms with van der Waals surface area (Å²) < 4.78 is 5.64. The number of nitrogens with two attached hydrogens (primary N) is 1. The van der Waals surface area contributed by atoms with Crippen LogP contribution in [0.25, 0.3) is 0 Å². The topological polar surface area (TPSA) is 96.1 Å². The Bertz CT molecular complexity index is 715. The first kappa shape index (κ1) is 21.0. The van der Waals surface area contributed by atoms with E-state index in [0.717, 1.165) is 44.7 Å². The maximum Gasteiger partial charge on any atom is 0.526 e. The van der Waals surface area contributed by atoms with Crippen LogP contribution in [-0.2, 0) is 11.2 Å². The van der Waals surface area contributed by atoms with E-state index >= 15 is 0 Å². The standard InChI is InChI=1S/C20H30BN3O4/c1-15(25)19-5-2-4-16-12-17(21(27)28-20(16)19)13-18(26)14-24-8-3-7-23(9-6-22)10-11-24/h2,4-5,17,27H,3,6-14,22H2,1H3/t17-/m1/s1. The fraction of sp³-hybridized carbons (Fsp3) is 0.600. The molecule has 0 unspecified atom stereocenters. The Morgan fingerprint density at radius 2 is 2.00 bits per heavy atom. The minimum Gasteiger partial charge on any atom is -0.535 e. The van der Waals surface area contributed by atoms with Crippen LogP contribution in [0.4, 0.5) is 0 Å². The Balaban J connectivity index is 1.56. The molecule has 2 heterocycles. The Morgan fingerprint density at radius 3 is 2.75 bits per heavy atom. The molecule has 3 N–H and O–H groups in total. The summed E-state index contributed by atoms with van der Waals surface area (Å²) in [7, 11) is -1.07. The fourth-order valence-electron chi connectivity index (χ4n) is 4.13. The van der Waals surface area contributed by atoms with Gasteiger partial charge in [0.1, 0.15) is 11.5 Å². The van der Waals surface area contributed by atoms with E-state index in [-0.39, 0.29) is 23.8 Å². The number of ketones is 2. The maximum absolute atomic E-state index is 12.6. The van der Waals surface area contributed by atoms with Gasteiger partial charge >= 0.3 is 7.12 Å². The number of fused-ring (bicyclic) bond motifs is 1. The summed E-state index contributed by atoms with van der Waals surface area (Å²) in [5.74, 6) is 0.191. The van der Waals surface area contributed by atoms with Crippen molar-refractivity contribution < 1.29 is 19.3 Å². The van der Waals surface area contributed by atoms with Crippen LogP contribution < -0.4 is 10.4 Å². The zero-order chi connectivity index (χ0) is 20.1. The highest BCUT2D eigenvalue weighted by Gasteiger charge is 2.37. The maximum atomic E-state index is 12.6. The largest absolute Gasteiger partial charge is 0.535 e.